The summed E-state index contributed by atoms with van der Waals surface area (Å²) in [4.78, 5) is 26.7. The number of hydrogen-bond acceptors (Lipinski definition) is 4. The number of para-hydroxylation sites is 1. The quantitative estimate of drug-likeness (QED) is 0.804. The summed E-state index contributed by atoms with van der Waals surface area (Å²) in [6.45, 7) is 0.644. The number of methoxy groups -OCH3 is 2. The second-order valence-electron chi connectivity index (χ2n) is 5.93. The molecular formula is C20H21NO4. The third-order valence-electron chi connectivity index (χ3n) is 4.49. The minimum atomic E-state index is -0.365. The molecule has 0 unspecified atom stereocenters. The van der Waals surface area contributed by atoms with Gasteiger partial charge < -0.3 is 14.4 Å². The Kier molecular flexibility index (Phi) is 5.03. The van der Waals surface area contributed by atoms with Crippen LogP contribution in [0.3, 0.4) is 0 Å². The zero-order valence-electron chi connectivity index (χ0n) is 14.5. The molecule has 0 fully saturated rings. The van der Waals surface area contributed by atoms with Gasteiger partial charge in [-0.15, -0.1) is 0 Å². The zero-order valence-corrected chi connectivity index (χ0v) is 14.5. The van der Waals surface area contributed by atoms with Crippen LogP contribution in [0.25, 0.3) is 0 Å². The Morgan fingerprint density at radius 2 is 1.88 bits per heavy atom. The van der Waals surface area contributed by atoms with E-state index in [0.29, 0.717) is 17.9 Å². The Hall–Kier alpha value is -2.82. The second-order valence-corrected chi connectivity index (χ2v) is 5.93. The Morgan fingerprint density at radius 1 is 1.08 bits per heavy atom. The molecule has 2 aromatic carbocycles. The van der Waals surface area contributed by atoms with E-state index < -0.39 is 0 Å². The maximum Gasteiger partial charge on any atom is 0.338 e. The van der Waals surface area contributed by atoms with Crippen LogP contribution in [0.4, 0.5) is 5.69 Å². The molecule has 1 amide bonds. The van der Waals surface area contributed by atoms with Crippen molar-refractivity contribution in [3.8, 4) is 5.75 Å². The summed E-state index contributed by atoms with van der Waals surface area (Å²) in [7, 11) is 2.97. The minimum Gasteiger partial charge on any atom is -0.496 e. The molecule has 0 bridgehead atoms. The number of rotatable bonds is 4. The van der Waals surface area contributed by atoms with Crippen molar-refractivity contribution in [1.29, 1.82) is 0 Å². The summed E-state index contributed by atoms with van der Waals surface area (Å²) in [6, 6.07) is 12.9. The first kappa shape index (κ1) is 17.0. The average molecular weight is 339 g/mol. The molecule has 2 aromatic rings. The first-order valence-corrected chi connectivity index (χ1v) is 8.28. The van der Waals surface area contributed by atoms with E-state index in [2.05, 4.69) is 0 Å². The SMILES string of the molecule is COC(=O)c1cccc2c1CCCN2C(=O)Cc1ccccc1OC. The number of benzene rings is 2. The summed E-state index contributed by atoms with van der Waals surface area (Å²) in [5, 5.41) is 0. The highest BCUT2D eigenvalue weighted by molar-refractivity contribution is 5.99. The van der Waals surface area contributed by atoms with E-state index in [0.717, 1.165) is 29.7 Å². The molecule has 0 atom stereocenters. The van der Waals surface area contributed by atoms with Crippen LogP contribution in [0.15, 0.2) is 42.5 Å². The number of amides is 1. The fourth-order valence-electron chi connectivity index (χ4n) is 3.29. The van der Waals surface area contributed by atoms with Crippen LogP contribution < -0.4 is 9.64 Å². The number of carbonyl (C=O) groups is 2. The summed E-state index contributed by atoms with van der Waals surface area (Å²) in [5.41, 5.74) is 3.07. The van der Waals surface area contributed by atoms with Gasteiger partial charge in [0.1, 0.15) is 5.75 Å². The van der Waals surface area contributed by atoms with Crippen molar-refractivity contribution < 1.29 is 19.1 Å². The maximum atomic E-state index is 12.9. The number of anilines is 1. The Bertz CT molecular complexity index is 800. The second kappa shape index (κ2) is 7.38. The topological polar surface area (TPSA) is 55.8 Å². The highest BCUT2D eigenvalue weighted by Gasteiger charge is 2.26. The van der Waals surface area contributed by atoms with Crippen molar-refractivity contribution in [2.45, 2.75) is 19.3 Å². The van der Waals surface area contributed by atoms with E-state index in [9.17, 15) is 9.59 Å². The van der Waals surface area contributed by atoms with Gasteiger partial charge >= 0.3 is 5.97 Å². The maximum absolute atomic E-state index is 12.9. The normalized spacial score (nSPS) is 13.1. The number of hydrogen-bond donors (Lipinski definition) is 0. The molecule has 0 saturated heterocycles. The predicted molar refractivity (Wildman–Crippen MR) is 95.2 cm³/mol. The lowest BCUT2D eigenvalue weighted by molar-refractivity contribution is -0.118. The molecule has 0 aliphatic carbocycles. The van der Waals surface area contributed by atoms with Crippen molar-refractivity contribution >= 4 is 17.6 Å². The van der Waals surface area contributed by atoms with Gasteiger partial charge in [0, 0.05) is 17.8 Å². The molecule has 0 spiro atoms. The standard InChI is InChI=1S/C20H21NO4/c1-24-18-11-4-3-7-14(18)13-19(22)21-12-6-9-15-16(20(23)25-2)8-5-10-17(15)21/h3-5,7-8,10-11H,6,9,12-13H2,1-2H3. The van der Waals surface area contributed by atoms with E-state index in [1.54, 1.807) is 24.1 Å². The smallest absolute Gasteiger partial charge is 0.338 e. The van der Waals surface area contributed by atoms with E-state index in [1.165, 1.54) is 7.11 Å². The molecule has 5 nitrogen and oxygen atoms in total. The third-order valence-corrected chi connectivity index (χ3v) is 4.49. The van der Waals surface area contributed by atoms with E-state index >= 15 is 0 Å². The first-order valence-electron chi connectivity index (χ1n) is 8.28. The lowest BCUT2D eigenvalue weighted by atomic mass is 9.95. The van der Waals surface area contributed by atoms with Crippen molar-refractivity contribution in [3.05, 3.63) is 59.2 Å². The van der Waals surface area contributed by atoms with Gasteiger partial charge in [0.25, 0.3) is 0 Å². The van der Waals surface area contributed by atoms with Gasteiger partial charge in [0.2, 0.25) is 5.91 Å². The Labute approximate surface area is 147 Å². The molecule has 130 valence electrons. The largest absolute Gasteiger partial charge is 0.496 e. The van der Waals surface area contributed by atoms with E-state index in [1.807, 2.05) is 30.3 Å². The number of carbonyl (C=O) groups excluding carboxylic acids is 2. The van der Waals surface area contributed by atoms with Crippen LogP contribution >= 0.6 is 0 Å². The van der Waals surface area contributed by atoms with Crippen LogP contribution in [-0.2, 0) is 22.4 Å². The van der Waals surface area contributed by atoms with Crippen molar-refractivity contribution in [2.24, 2.45) is 0 Å². The van der Waals surface area contributed by atoms with E-state index in [-0.39, 0.29) is 18.3 Å². The van der Waals surface area contributed by atoms with Crippen LogP contribution in [0, 0.1) is 0 Å². The minimum absolute atomic E-state index is 0.00698. The summed E-state index contributed by atoms with van der Waals surface area (Å²) in [5.74, 6) is 0.333. The van der Waals surface area contributed by atoms with Gasteiger partial charge in [-0.1, -0.05) is 24.3 Å². The molecule has 1 aliphatic heterocycles. The summed E-state index contributed by atoms with van der Waals surface area (Å²) in [6.07, 6.45) is 1.84. The van der Waals surface area contributed by atoms with E-state index in [4.69, 9.17) is 9.47 Å². The molecule has 0 saturated carbocycles. The van der Waals surface area contributed by atoms with Gasteiger partial charge in [-0.2, -0.15) is 0 Å². The van der Waals surface area contributed by atoms with Gasteiger partial charge in [-0.05, 0) is 36.6 Å². The Morgan fingerprint density at radius 3 is 2.64 bits per heavy atom. The summed E-state index contributed by atoms with van der Waals surface area (Å²) < 4.78 is 10.2. The van der Waals surface area contributed by atoms with Crippen LogP contribution in [-0.4, -0.2) is 32.6 Å². The van der Waals surface area contributed by atoms with Crippen molar-refractivity contribution in [2.75, 3.05) is 25.7 Å². The van der Waals surface area contributed by atoms with Gasteiger partial charge in [-0.3, -0.25) is 4.79 Å². The molecule has 1 heterocycles. The van der Waals surface area contributed by atoms with Gasteiger partial charge in [0.15, 0.2) is 0 Å². The van der Waals surface area contributed by atoms with Crippen LogP contribution in [0.5, 0.6) is 5.75 Å². The van der Waals surface area contributed by atoms with Crippen molar-refractivity contribution in [3.63, 3.8) is 0 Å². The van der Waals surface area contributed by atoms with Gasteiger partial charge in [-0.25, -0.2) is 4.79 Å². The molecule has 1 aliphatic rings. The third kappa shape index (κ3) is 3.36. The highest BCUT2D eigenvalue weighted by Crippen LogP contribution is 2.31. The number of ether oxygens (including phenoxy) is 2. The fourth-order valence-corrected chi connectivity index (χ4v) is 3.29. The van der Waals surface area contributed by atoms with Crippen LogP contribution in [0.2, 0.25) is 0 Å². The Balaban J connectivity index is 1.90. The highest BCUT2D eigenvalue weighted by atomic mass is 16.5. The molecular weight excluding hydrogens is 318 g/mol. The number of nitrogens with zero attached hydrogens (tertiary/aromatic N) is 1. The first-order chi connectivity index (χ1) is 12.2. The lowest BCUT2D eigenvalue weighted by Crippen LogP contribution is -2.37. The molecule has 25 heavy (non-hydrogen) atoms. The van der Waals surface area contributed by atoms with Gasteiger partial charge in [0.05, 0.1) is 26.2 Å². The molecule has 5 heteroatoms. The number of esters is 1. The molecule has 3 rings (SSSR count). The zero-order chi connectivity index (χ0) is 17.8. The number of fused-ring (bicyclic) bond motifs is 1. The lowest BCUT2D eigenvalue weighted by Gasteiger charge is -2.30. The predicted octanol–water partition coefficient (Wildman–Crippen LogP) is 3.00. The summed E-state index contributed by atoms with van der Waals surface area (Å²) >= 11 is 0. The van der Waals surface area contributed by atoms with Crippen LogP contribution in [0.1, 0.15) is 27.9 Å². The van der Waals surface area contributed by atoms with Crippen molar-refractivity contribution in [1.82, 2.24) is 0 Å². The molecule has 0 aromatic heterocycles. The average Bonchev–Trinajstić information content (AvgIpc) is 2.66. The molecule has 0 radical (unpaired) electrons. The molecule has 0 N–H and O–H groups in total. The monoisotopic (exact) mass is 339 g/mol. The fraction of sp³-hybridized carbons (Fsp3) is 0.300.